The van der Waals surface area contributed by atoms with Gasteiger partial charge in [0.25, 0.3) is 0 Å². The summed E-state index contributed by atoms with van der Waals surface area (Å²) in [4.78, 5) is 4.14. The number of nitrogens with zero attached hydrogens (tertiary/aromatic N) is 2. The molecule has 0 atom stereocenters. The van der Waals surface area contributed by atoms with Crippen molar-refractivity contribution in [2.75, 3.05) is 5.32 Å². The van der Waals surface area contributed by atoms with Gasteiger partial charge in [-0.15, -0.1) is 0 Å². The number of hydrogen-bond acceptors (Lipinski definition) is 2. The van der Waals surface area contributed by atoms with E-state index in [1.807, 2.05) is 30.3 Å². The fourth-order valence-corrected chi connectivity index (χ4v) is 1.90. The average molecular weight is 271 g/mol. The Labute approximate surface area is 114 Å². The molecule has 100 valence electrons. The SMILES string of the molecule is Fc1ccc(Nc2nccn2-c2ccccc2)c(F)c1. The number of aromatic nitrogens is 2. The lowest BCUT2D eigenvalue weighted by atomic mass is 10.3. The van der Waals surface area contributed by atoms with Crippen molar-refractivity contribution in [2.24, 2.45) is 0 Å². The van der Waals surface area contributed by atoms with Gasteiger partial charge in [-0.1, -0.05) is 18.2 Å². The van der Waals surface area contributed by atoms with Crippen LogP contribution in [0, 0.1) is 11.6 Å². The molecule has 20 heavy (non-hydrogen) atoms. The summed E-state index contributed by atoms with van der Waals surface area (Å²) in [7, 11) is 0. The van der Waals surface area contributed by atoms with Crippen LogP contribution in [0.15, 0.2) is 60.9 Å². The third kappa shape index (κ3) is 2.38. The molecule has 0 bridgehead atoms. The smallest absolute Gasteiger partial charge is 0.212 e. The van der Waals surface area contributed by atoms with Gasteiger partial charge in [0, 0.05) is 24.1 Å². The van der Waals surface area contributed by atoms with E-state index in [1.165, 1.54) is 12.1 Å². The Morgan fingerprint density at radius 3 is 2.55 bits per heavy atom. The van der Waals surface area contributed by atoms with Gasteiger partial charge in [-0.25, -0.2) is 13.8 Å². The maximum atomic E-state index is 13.6. The summed E-state index contributed by atoms with van der Waals surface area (Å²) in [6.45, 7) is 0. The summed E-state index contributed by atoms with van der Waals surface area (Å²) in [5.74, 6) is -0.811. The molecule has 0 radical (unpaired) electrons. The van der Waals surface area contributed by atoms with Crippen molar-refractivity contribution in [3.63, 3.8) is 0 Å². The topological polar surface area (TPSA) is 29.9 Å². The van der Waals surface area contributed by atoms with Crippen LogP contribution in [0.4, 0.5) is 20.4 Å². The van der Waals surface area contributed by atoms with E-state index in [0.717, 1.165) is 11.8 Å². The molecular formula is C15H11F2N3. The molecule has 0 aliphatic heterocycles. The first kappa shape index (κ1) is 12.3. The summed E-state index contributed by atoms with van der Waals surface area (Å²) in [5, 5.41) is 2.86. The Bertz CT molecular complexity index is 723. The summed E-state index contributed by atoms with van der Waals surface area (Å²) in [6.07, 6.45) is 3.37. The second kappa shape index (κ2) is 5.13. The molecule has 0 spiro atoms. The van der Waals surface area contributed by atoms with Gasteiger partial charge in [-0.3, -0.25) is 4.57 Å². The van der Waals surface area contributed by atoms with E-state index < -0.39 is 11.6 Å². The molecule has 0 amide bonds. The molecule has 0 aliphatic rings. The van der Waals surface area contributed by atoms with Crippen molar-refractivity contribution < 1.29 is 8.78 Å². The number of anilines is 2. The van der Waals surface area contributed by atoms with Crippen LogP contribution >= 0.6 is 0 Å². The zero-order chi connectivity index (χ0) is 13.9. The number of para-hydroxylation sites is 1. The summed E-state index contributed by atoms with van der Waals surface area (Å²) >= 11 is 0. The second-order valence-electron chi connectivity index (χ2n) is 4.21. The van der Waals surface area contributed by atoms with Crippen molar-refractivity contribution in [2.45, 2.75) is 0 Å². The van der Waals surface area contributed by atoms with Gasteiger partial charge in [-0.05, 0) is 24.3 Å². The van der Waals surface area contributed by atoms with Crippen molar-refractivity contribution in [1.29, 1.82) is 0 Å². The number of hydrogen-bond donors (Lipinski definition) is 1. The normalized spacial score (nSPS) is 10.5. The average Bonchev–Trinajstić information content (AvgIpc) is 2.91. The fraction of sp³-hybridized carbons (Fsp3) is 0. The van der Waals surface area contributed by atoms with E-state index in [1.54, 1.807) is 17.0 Å². The third-order valence-electron chi connectivity index (χ3n) is 2.85. The van der Waals surface area contributed by atoms with Crippen molar-refractivity contribution in [3.8, 4) is 5.69 Å². The zero-order valence-corrected chi connectivity index (χ0v) is 10.4. The Morgan fingerprint density at radius 2 is 1.80 bits per heavy atom. The number of imidazole rings is 1. The molecule has 1 N–H and O–H groups in total. The monoisotopic (exact) mass is 271 g/mol. The number of rotatable bonds is 3. The van der Waals surface area contributed by atoms with Gasteiger partial charge in [-0.2, -0.15) is 0 Å². The van der Waals surface area contributed by atoms with E-state index in [9.17, 15) is 8.78 Å². The first-order valence-electron chi connectivity index (χ1n) is 6.05. The number of benzene rings is 2. The number of nitrogens with one attached hydrogen (secondary N) is 1. The molecule has 1 aromatic heterocycles. The lowest BCUT2D eigenvalue weighted by Crippen LogP contribution is -2.02. The summed E-state index contributed by atoms with van der Waals surface area (Å²) in [5.41, 5.74) is 1.07. The van der Waals surface area contributed by atoms with Gasteiger partial charge in [0.2, 0.25) is 5.95 Å². The zero-order valence-electron chi connectivity index (χ0n) is 10.4. The van der Waals surface area contributed by atoms with Crippen LogP contribution < -0.4 is 5.32 Å². The molecular weight excluding hydrogens is 260 g/mol. The van der Waals surface area contributed by atoms with Crippen LogP contribution in [0.1, 0.15) is 0 Å². The van der Waals surface area contributed by atoms with Crippen LogP contribution in [0.5, 0.6) is 0 Å². The van der Waals surface area contributed by atoms with Crippen LogP contribution in [-0.2, 0) is 0 Å². The molecule has 0 fully saturated rings. The van der Waals surface area contributed by atoms with E-state index >= 15 is 0 Å². The van der Waals surface area contributed by atoms with Crippen LogP contribution in [0.25, 0.3) is 5.69 Å². The Hall–Kier alpha value is -2.69. The molecule has 2 aromatic carbocycles. The Kier molecular flexibility index (Phi) is 3.16. The lowest BCUT2D eigenvalue weighted by molar-refractivity contribution is 0.586. The lowest BCUT2D eigenvalue weighted by Gasteiger charge is -2.10. The quantitative estimate of drug-likeness (QED) is 0.783. The van der Waals surface area contributed by atoms with Crippen molar-refractivity contribution in [3.05, 3.63) is 72.6 Å². The first-order valence-corrected chi connectivity index (χ1v) is 6.05. The van der Waals surface area contributed by atoms with Gasteiger partial charge in [0.05, 0.1) is 5.69 Å². The van der Waals surface area contributed by atoms with Crippen LogP contribution in [0.2, 0.25) is 0 Å². The molecule has 1 heterocycles. The minimum absolute atomic E-state index is 0.176. The highest BCUT2D eigenvalue weighted by molar-refractivity contribution is 5.56. The molecule has 3 nitrogen and oxygen atoms in total. The van der Waals surface area contributed by atoms with Gasteiger partial charge >= 0.3 is 0 Å². The third-order valence-corrected chi connectivity index (χ3v) is 2.85. The largest absolute Gasteiger partial charge is 0.323 e. The standard InChI is InChI=1S/C15H11F2N3/c16-11-6-7-14(13(17)10-11)19-15-18-8-9-20(15)12-4-2-1-3-5-12/h1-10H,(H,18,19). The van der Waals surface area contributed by atoms with Crippen LogP contribution in [-0.4, -0.2) is 9.55 Å². The summed E-state index contributed by atoms with van der Waals surface area (Å²) < 4.78 is 28.3. The minimum atomic E-state index is -0.660. The molecule has 3 rings (SSSR count). The van der Waals surface area contributed by atoms with Gasteiger partial charge < -0.3 is 5.32 Å². The molecule has 3 aromatic rings. The second-order valence-corrected chi connectivity index (χ2v) is 4.21. The first-order chi connectivity index (χ1) is 9.74. The molecule has 5 heteroatoms. The highest BCUT2D eigenvalue weighted by atomic mass is 19.1. The van der Waals surface area contributed by atoms with E-state index in [4.69, 9.17) is 0 Å². The Balaban J connectivity index is 1.95. The molecule has 0 saturated heterocycles. The molecule has 0 aliphatic carbocycles. The summed E-state index contributed by atoms with van der Waals surface area (Å²) in [6, 6.07) is 12.9. The predicted octanol–water partition coefficient (Wildman–Crippen LogP) is 3.89. The number of halogens is 2. The minimum Gasteiger partial charge on any atom is -0.323 e. The maximum absolute atomic E-state index is 13.6. The fourth-order valence-electron chi connectivity index (χ4n) is 1.90. The highest BCUT2D eigenvalue weighted by Crippen LogP contribution is 2.21. The molecule has 0 unspecified atom stereocenters. The highest BCUT2D eigenvalue weighted by Gasteiger charge is 2.08. The Morgan fingerprint density at radius 1 is 1.00 bits per heavy atom. The van der Waals surface area contributed by atoms with Crippen molar-refractivity contribution in [1.82, 2.24) is 9.55 Å². The van der Waals surface area contributed by atoms with E-state index in [2.05, 4.69) is 10.3 Å². The van der Waals surface area contributed by atoms with E-state index in [-0.39, 0.29) is 5.69 Å². The van der Waals surface area contributed by atoms with E-state index in [0.29, 0.717) is 5.95 Å². The predicted molar refractivity (Wildman–Crippen MR) is 73.2 cm³/mol. The van der Waals surface area contributed by atoms with Crippen molar-refractivity contribution >= 4 is 11.6 Å². The molecule has 0 saturated carbocycles. The van der Waals surface area contributed by atoms with Gasteiger partial charge in [0.1, 0.15) is 11.6 Å². The van der Waals surface area contributed by atoms with Gasteiger partial charge in [0.15, 0.2) is 0 Å². The van der Waals surface area contributed by atoms with Crippen LogP contribution in [0.3, 0.4) is 0 Å². The maximum Gasteiger partial charge on any atom is 0.212 e.